The minimum Gasteiger partial charge on any atom is -0.508 e. The maximum atomic E-state index is 9.97. The van der Waals surface area contributed by atoms with Gasteiger partial charge < -0.3 is 19.7 Å². The van der Waals surface area contributed by atoms with E-state index < -0.39 is 0 Å². The second kappa shape index (κ2) is 9.06. The van der Waals surface area contributed by atoms with Crippen molar-refractivity contribution in [2.45, 2.75) is 45.6 Å². The number of hydrogen-bond acceptors (Lipinski definition) is 4. The summed E-state index contributed by atoms with van der Waals surface area (Å²) >= 11 is 0. The molecule has 0 aliphatic carbocycles. The van der Waals surface area contributed by atoms with Gasteiger partial charge in [-0.25, -0.2) is 0 Å². The van der Waals surface area contributed by atoms with Crippen LogP contribution in [0.4, 0.5) is 0 Å². The van der Waals surface area contributed by atoms with Gasteiger partial charge in [-0.1, -0.05) is 38.8 Å². The quantitative estimate of drug-likeness (QED) is 0.621. The number of hydrogen-bond donors (Lipinski definition) is 2. The molecule has 0 saturated heterocycles. The van der Waals surface area contributed by atoms with Gasteiger partial charge in [0.2, 0.25) is 0 Å². The van der Waals surface area contributed by atoms with Crippen molar-refractivity contribution in [3.05, 3.63) is 48.0 Å². The van der Waals surface area contributed by atoms with Crippen molar-refractivity contribution in [2.75, 3.05) is 6.61 Å². The van der Waals surface area contributed by atoms with E-state index in [2.05, 4.69) is 13.8 Å². The molecule has 0 spiro atoms. The summed E-state index contributed by atoms with van der Waals surface area (Å²) < 4.78 is 11.9. The fraction of sp³-hybridized carbons (Fsp3) is 0.400. The van der Waals surface area contributed by atoms with Crippen LogP contribution in [0.1, 0.15) is 51.2 Å². The monoisotopic (exact) mass is 330 g/mol. The first-order valence-electron chi connectivity index (χ1n) is 8.56. The molecule has 24 heavy (non-hydrogen) atoms. The summed E-state index contributed by atoms with van der Waals surface area (Å²) in [7, 11) is 0. The molecule has 0 aliphatic heterocycles. The Morgan fingerprint density at radius 3 is 2.46 bits per heavy atom. The van der Waals surface area contributed by atoms with Crippen LogP contribution in [-0.2, 0) is 0 Å². The first kappa shape index (κ1) is 18.0. The SMILES string of the molecule is CCCCOc1ccc(O)cc1C(CCC)Oc1ccccc1O. The zero-order chi connectivity index (χ0) is 17.4. The second-order valence-electron chi connectivity index (χ2n) is 5.79. The van der Waals surface area contributed by atoms with E-state index in [-0.39, 0.29) is 17.6 Å². The van der Waals surface area contributed by atoms with Gasteiger partial charge in [0.15, 0.2) is 11.5 Å². The average molecular weight is 330 g/mol. The van der Waals surface area contributed by atoms with Gasteiger partial charge in [0, 0.05) is 5.56 Å². The molecule has 2 N–H and O–H groups in total. The van der Waals surface area contributed by atoms with E-state index in [0.717, 1.165) is 37.0 Å². The van der Waals surface area contributed by atoms with E-state index >= 15 is 0 Å². The van der Waals surface area contributed by atoms with E-state index in [1.165, 1.54) is 0 Å². The van der Waals surface area contributed by atoms with E-state index in [1.54, 1.807) is 36.4 Å². The highest BCUT2D eigenvalue weighted by molar-refractivity contribution is 5.43. The number of phenolic OH excluding ortho intramolecular Hbond substituents is 2. The minimum absolute atomic E-state index is 0.104. The molecule has 0 aliphatic rings. The highest BCUT2D eigenvalue weighted by Crippen LogP contribution is 2.37. The lowest BCUT2D eigenvalue weighted by atomic mass is 10.0. The molecule has 0 saturated carbocycles. The number of benzene rings is 2. The third kappa shape index (κ3) is 4.82. The Balaban J connectivity index is 2.28. The van der Waals surface area contributed by atoms with E-state index in [4.69, 9.17) is 9.47 Å². The lowest BCUT2D eigenvalue weighted by molar-refractivity contribution is 0.179. The van der Waals surface area contributed by atoms with E-state index in [1.807, 2.05) is 6.07 Å². The van der Waals surface area contributed by atoms with Crippen LogP contribution in [0.5, 0.6) is 23.0 Å². The van der Waals surface area contributed by atoms with Crippen LogP contribution in [0.2, 0.25) is 0 Å². The van der Waals surface area contributed by atoms with Crippen LogP contribution in [0.3, 0.4) is 0 Å². The Hall–Kier alpha value is -2.36. The lowest BCUT2D eigenvalue weighted by Crippen LogP contribution is -2.10. The van der Waals surface area contributed by atoms with E-state index in [0.29, 0.717) is 12.4 Å². The molecule has 0 fully saturated rings. The topological polar surface area (TPSA) is 58.9 Å². The van der Waals surface area contributed by atoms with Gasteiger partial charge in [-0.3, -0.25) is 0 Å². The molecule has 0 heterocycles. The van der Waals surface area contributed by atoms with Crippen LogP contribution < -0.4 is 9.47 Å². The maximum Gasteiger partial charge on any atom is 0.161 e. The van der Waals surface area contributed by atoms with Crippen molar-refractivity contribution in [3.63, 3.8) is 0 Å². The van der Waals surface area contributed by atoms with Crippen molar-refractivity contribution in [3.8, 4) is 23.0 Å². The van der Waals surface area contributed by atoms with Crippen molar-refractivity contribution >= 4 is 0 Å². The van der Waals surface area contributed by atoms with Crippen molar-refractivity contribution in [2.24, 2.45) is 0 Å². The van der Waals surface area contributed by atoms with Gasteiger partial charge in [-0.15, -0.1) is 0 Å². The molecule has 0 radical (unpaired) electrons. The Kier molecular flexibility index (Phi) is 6.79. The standard InChI is InChI=1S/C20H26O4/c1-3-5-13-23-18-12-11-15(21)14-16(18)19(8-4-2)24-20-10-7-6-9-17(20)22/h6-7,9-12,14,19,21-22H,3-5,8,13H2,1-2H3. The van der Waals surface area contributed by atoms with Crippen LogP contribution in [0, 0.1) is 0 Å². The summed E-state index contributed by atoms with van der Waals surface area (Å²) in [4.78, 5) is 0. The highest BCUT2D eigenvalue weighted by atomic mass is 16.5. The molecule has 4 heteroatoms. The number of rotatable bonds is 9. The molecular weight excluding hydrogens is 304 g/mol. The normalized spacial score (nSPS) is 11.9. The predicted octanol–water partition coefficient (Wildman–Crippen LogP) is 5.20. The second-order valence-corrected chi connectivity index (χ2v) is 5.79. The van der Waals surface area contributed by atoms with E-state index in [9.17, 15) is 10.2 Å². The van der Waals surface area contributed by atoms with Crippen molar-refractivity contribution < 1.29 is 19.7 Å². The number of para-hydroxylation sites is 2. The predicted molar refractivity (Wildman–Crippen MR) is 94.9 cm³/mol. The summed E-state index contributed by atoms with van der Waals surface area (Å²) in [5.41, 5.74) is 0.802. The van der Waals surface area contributed by atoms with Gasteiger partial charge in [0.05, 0.1) is 6.61 Å². The third-order valence-corrected chi connectivity index (χ3v) is 3.78. The van der Waals surface area contributed by atoms with Gasteiger partial charge in [-0.05, 0) is 43.2 Å². The Morgan fingerprint density at radius 1 is 0.958 bits per heavy atom. The van der Waals surface area contributed by atoms with Crippen LogP contribution in [0.15, 0.2) is 42.5 Å². The van der Waals surface area contributed by atoms with Gasteiger partial charge in [-0.2, -0.15) is 0 Å². The number of unbranched alkanes of at least 4 members (excludes halogenated alkanes) is 1. The van der Waals surface area contributed by atoms with Crippen molar-refractivity contribution in [1.82, 2.24) is 0 Å². The minimum atomic E-state index is -0.299. The van der Waals surface area contributed by atoms with Crippen LogP contribution in [-0.4, -0.2) is 16.8 Å². The fourth-order valence-corrected chi connectivity index (χ4v) is 2.50. The van der Waals surface area contributed by atoms with Gasteiger partial charge >= 0.3 is 0 Å². The molecule has 2 aromatic carbocycles. The Bertz CT molecular complexity index is 639. The summed E-state index contributed by atoms with van der Waals surface area (Å²) in [6.45, 7) is 4.81. The fourth-order valence-electron chi connectivity index (χ4n) is 2.50. The molecule has 1 unspecified atom stereocenters. The lowest BCUT2D eigenvalue weighted by Gasteiger charge is -2.22. The van der Waals surface area contributed by atoms with Crippen LogP contribution in [0.25, 0.3) is 0 Å². The largest absolute Gasteiger partial charge is 0.508 e. The van der Waals surface area contributed by atoms with Gasteiger partial charge in [0.1, 0.15) is 17.6 Å². The summed E-state index contributed by atoms with van der Waals surface area (Å²) in [5, 5.41) is 19.9. The summed E-state index contributed by atoms with van der Waals surface area (Å²) in [6, 6.07) is 12.0. The first-order valence-corrected chi connectivity index (χ1v) is 8.56. The third-order valence-electron chi connectivity index (χ3n) is 3.78. The molecule has 1 atom stereocenters. The molecule has 0 amide bonds. The number of aromatic hydroxyl groups is 2. The van der Waals surface area contributed by atoms with Crippen LogP contribution >= 0.6 is 0 Å². The molecule has 130 valence electrons. The molecule has 0 aromatic heterocycles. The number of phenols is 2. The molecule has 0 bridgehead atoms. The zero-order valence-electron chi connectivity index (χ0n) is 14.4. The molecule has 4 nitrogen and oxygen atoms in total. The maximum absolute atomic E-state index is 9.97. The summed E-state index contributed by atoms with van der Waals surface area (Å²) in [5.74, 6) is 1.43. The highest BCUT2D eigenvalue weighted by Gasteiger charge is 2.20. The first-order chi connectivity index (χ1) is 11.7. The van der Waals surface area contributed by atoms with Crippen molar-refractivity contribution in [1.29, 1.82) is 0 Å². The Morgan fingerprint density at radius 2 is 1.75 bits per heavy atom. The average Bonchev–Trinajstić information content (AvgIpc) is 2.58. The molecule has 2 rings (SSSR count). The molecule has 2 aromatic rings. The zero-order valence-corrected chi connectivity index (χ0v) is 14.4. The van der Waals surface area contributed by atoms with Gasteiger partial charge in [0.25, 0.3) is 0 Å². The molecular formula is C20H26O4. The number of ether oxygens (including phenoxy) is 2. The Labute approximate surface area is 143 Å². The smallest absolute Gasteiger partial charge is 0.161 e. The summed E-state index contributed by atoms with van der Waals surface area (Å²) in [6.07, 6.45) is 3.39.